The van der Waals surface area contributed by atoms with Gasteiger partial charge in [-0.25, -0.2) is 9.78 Å². The lowest BCUT2D eigenvalue weighted by Crippen LogP contribution is -2.46. The van der Waals surface area contributed by atoms with Crippen molar-refractivity contribution in [1.82, 2.24) is 14.9 Å². The molecule has 134 valence electrons. The smallest absolute Gasteiger partial charge is 0.328 e. The lowest BCUT2D eigenvalue weighted by Gasteiger charge is -2.20. The molecule has 2 rings (SSSR count). The fourth-order valence-electron chi connectivity index (χ4n) is 2.61. The van der Waals surface area contributed by atoms with E-state index in [9.17, 15) is 14.4 Å². The van der Waals surface area contributed by atoms with Crippen LogP contribution in [-0.4, -0.2) is 34.6 Å². The zero-order valence-corrected chi connectivity index (χ0v) is 15.1. The summed E-state index contributed by atoms with van der Waals surface area (Å²) in [6.45, 7) is 7.88. The molecule has 0 spiro atoms. The first-order chi connectivity index (χ1) is 11.8. The average molecular weight is 345 g/mol. The van der Waals surface area contributed by atoms with Crippen molar-refractivity contribution in [3.05, 3.63) is 39.8 Å². The first-order valence-corrected chi connectivity index (χ1v) is 8.19. The van der Waals surface area contributed by atoms with Crippen LogP contribution in [0.4, 0.5) is 0 Å². The van der Waals surface area contributed by atoms with Crippen molar-refractivity contribution in [2.45, 2.75) is 40.3 Å². The summed E-state index contributed by atoms with van der Waals surface area (Å²) >= 11 is 0. The number of hydrogen-bond donors (Lipinski definition) is 1. The summed E-state index contributed by atoms with van der Waals surface area (Å²) in [4.78, 5) is 41.6. The summed E-state index contributed by atoms with van der Waals surface area (Å²) < 4.78 is 6.47. The van der Waals surface area contributed by atoms with E-state index in [1.165, 1.54) is 13.3 Å². The summed E-state index contributed by atoms with van der Waals surface area (Å²) in [5, 5.41) is 2.98. The predicted octanol–water partition coefficient (Wildman–Crippen LogP) is 1.65. The van der Waals surface area contributed by atoms with Crippen molar-refractivity contribution in [2.75, 3.05) is 7.11 Å². The van der Waals surface area contributed by atoms with Crippen LogP contribution in [0, 0.1) is 12.8 Å². The number of hydrogen-bond acceptors (Lipinski definition) is 5. The van der Waals surface area contributed by atoms with Gasteiger partial charge in [-0.15, -0.1) is 0 Å². The van der Waals surface area contributed by atoms with E-state index in [0.29, 0.717) is 17.6 Å². The zero-order chi connectivity index (χ0) is 18.7. The van der Waals surface area contributed by atoms with Gasteiger partial charge in [0.2, 0.25) is 5.43 Å². The first kappa shape index (κ1) is 18.6. The van der Waals surface area contributed by atoms with Crippen molar-refractivity contribution in [3.8, 4) is 0 Å². The van der Waals surface area contributed by atoms with Gasteiger partial charge in [0, 0.05) is 18.4 Å². The van der Waals surface area contributed by atoms with Crippen LogP contribution >= 0.6 is 0 Å². The molecule has 0 aliphatic heterocycles. The number of esters is 1. The normalized spacial score (nSPS) is 12.2. The number of carbonyl (C=O) groups is 2. The Morgan fingerprint density at radius 3 is 2.56 bits per heavy atom. The van der Waals surface area contributed by atoms with Gasteiger partial charge in [0.05, 0.1) is 12.5 Å². The Bertz CT molecular complexity index is 870. The van der Waals surface area contributed by atoms with Crippen LogP contribution in [0.1, 0.15) is 36.8 Å². The summed E-state index contributed by atoms with van der Waals surface area (Å²) in [7, 11) is 1.26. The second kappa shape index (κ2) is 7.46. The fraction of sp³-hybridized carbons (Fsp3) is 0.444. The third-order valence-corrected chi connectivity index (χ3v) is 4.05. The molecule has 1 unspecified atom stereocenters. The maximum Gasteiger partial charge on any atom is 0.328 e. The van der Waals surface area contributed by atoms with E-state index in [0.717, 1.165) is 5.69 Å². The van der Waals surface area contributed by atoms with Gasteiger partial charge in [-0.1, -0.05) is 13.8 Å². The number of aromatic nitrogens is 2. The van der Waals surface area contributed by atoms with Gasteiger partial charge >= 0.3 is 5.97 Å². The van der Waals surface area contributed by atoms with Gasteiger partial charge in [0.25, 0.3) is 5.91 Å². The molecule has 2 heterocycles. The highest BCUT2D eigenvalue weighted by Gasteiger charge is 2.27. The first-order valence-electron chi connectivity index (χ1n) is 8.19. The van der Waals surface area contributed by atoms with E-state index >= 15 is 0 Å². The van der Waals surface area contributed by atoms with Crippen LogP contribution in [0.5, 0.6) is 0 Å². The number of carbonyl (C=O) groups excluding carboxylic acids is 2. The van der Waals surface area contributed by atoms with Gasteiger partial charge in [0.1, 0.15) is 17.3 Å². The Labute approximate surface area is 146 Å². The van der Waals surface area contributed by atoms with Gasteiger partial charge in [0.15, 0.2) is 0 Å². The molecular formula is C18H23N3O4. The summed E-state index contributed by atoms with van der Waals surface area (Å²) in [5.41, 5.74) is 0.904. The van der Waals surface area contributed by atoms with E-state index in [1.54, 1.807) is 30.5 Å². The largest absolute Gasteiger partial charge is 0.467 e. The molecule has 0 aliphatic carbocycles. The summed E-state index contributed by atoms with van der Waals surface area (Å²) in [5.74, 6) is -1.31. The van der Waals surface area contributed by atoms with Gasteiger partial charge in [-0.2, -0.15) is 0 Å². The highest BCUT2D eigenvalue weighted by Crippen LogP contribution is 2.12. The van der Waals surface area contributed by atoms with Crippen molar-refractivity contribution in [3.63, 3.8) is 0 Å². The molecule has 0 saturated carbocycles. The fourth-order valence-corrected chi connectivity index (χ4v) is 2.61. The van der Waals surface area contributed by atoms with Crippen LogP contribution in [0.2, 0.25) is 0 Å². The Hall–Kier alpha value is -2.70. The second-order valence-corrected chi connectivity index (χ2v) is 6.20. The Kier molecular flexibility index (Phi) is 5.56. The van der Waals surface area contributed by atoms with Crippen LogP contribution in [-0.2, 0) is 16.1 Å². The maximum absolute atomic E-state index is 12.7. The molecule has 0 fully saturated rings. The van der Waals surface area contributed by atoms with Crippen molar-refractivity contribution in [1.29, 1.82) is 0 Å². The minimum absolute atomic E-state index is 0.0189. The standard InChI is InChI=1S/C18H23N3O4/c1-6-21-9-13(15(22)12-8-7-11(4)19-16(12)21)17(23)20-14(10(2)3)18(24)25-5/h7-10,14H,6H2,1-5H3,(H,20,23). The molecule has 7 nitrogen and oxygen atoms in total. The molecule has 1 N–H and O–H groups in total. The van der Waals surface area contributed by atoms with Crippen molar-refractivity contribution < 1.29 is 14.3 Å². The van der Waals surface area contributed by atoms with E-state index in [1.807, 2.05) is 13.8 Å². The molecule has 7 heteroatoms. The summed E-state index contributed by atoms with van der Waals surface area (Å²) in [6, 6.07) is 2.58. The number of nitrogens with one attached hydrogen (secondary N) is 1. The van der Waals surface area contributed by atoms with Gasteiger partial charge < -0.3 is 14.6 Å². The lowest BCUT2D eigenvalue weighted by molar-refractivity contribution is -0.144. The van der Waals surface area contributed by atoms with Crippen LogP contribution in [0.15, 0.2) is 23.1 Å². The van der Waals surface area contributed by atoms with Crippen LogP contribution in [0.3, 0.4) is 0 Å². The highest BCUT2D eigenvalue weighted by molar-refractivity contribution is 5.98. The number of rotatable bonds is 5. The number of methoxy groups -OCH3 is 1. The van der Waals surface area contributed by atoms with E-state index in [2.05, 4.69) is 10.3 Å². The van der Waals surface area contributed by atoms with Crippen LogP contribution in [0.25, 0.3) is 11.0 Å². The van der Waals surface area contributed by atoms with E-state index in [-0.39, 0.29) is 11.5 Å². The van der Waals surface area contributed by atoms with E-state index in [4.69, 9.17) is 4.74 Å². The third kappa shape index (κ3) is 3.70. The number of nitrogens with zero attached hydrogens (tertiary/aromatic N) is 2. The minimum Gasteiger partial charge on any atom is -0.467 e. The molecule has 0 bridgehead atoms. The number of amides is 1. The summed E-state index contributed by atoms with van der Waals surface area (Å²) in [6.07, 6.45) is 1.49. The van der Waals surface area contributed by atoms with E-state index < -0.39 is 23.3 Å². The Morgan fingerprint density at radius 2 is 2.00 bits per heavy atom. The number of ether oxygens (including phenoxy) is 1. The topological polar surface area (TPSA) is 90.3 Å². The molecule has 0 aromatic carbocycles. The maximum atomic E-state index is 12.7. The van der Waals surface area contributed by atoms with Gasteiger partial charge in [-0.3, -0.25) is 9.59 Å². The Morgan fingerprint density at radius 1 is 1.32 bits per heavy atom. The quantitative estimate of drug-likeness (QED) is 0.832. The lowest BCUT2D eigenvalue weighted by atomic mass is 10.0. The number of aryl methyl sites for hydroxylation is 2. The average Bonchev–Trinajstić information content (AvgIpc) is 2.58. The Balaban J connectivity index is 2.52. The molecule has 0 radical (unpaired) electrons. The molecule has 0 aliphatic rings. The van der Waals surface area contributed by atoms with Crippen molar-refractivity contribution >= 4 is 22.9 Å². The minimum atomic E-state index is -0.821. The molecule has 25 heavy (non-hydrogen) atoms. The molecule has 1 atom stereocenters. The molecule has 1 amide bonds. The molecular weight excluding hydrogens is 322 g/mol. The predicted molar refractivity (Wildman–Crippen MR) is 94.5 cm³/mol. The third-order valence-electron chi connectivity index (χ3n) is 4.05. The van der Waals surface area contributed by atoms with Crippen molar-refractivity contribution in [2.24, 2.45) is 5.92 Å². The zero-order valence-electron chi connectivity index (χ0n) is 15.1. The molecule has 2 aromatic rings. The van der Waals surface area contributed by atoms with Crippen LogP contribution < -0.4 is 10.7 Å². The van der Waals surface area contributed by atoms with Gasteiger partial charge in [-0.05, 0) is 31.9 Å². The molecule has 2 aromatic heterocycles. The second-order valence-electron chi connectivity index (χ2n) is 6.20. The number of pyridine rings is 2. The number of fused-ring (bicyclic) bond motifs is 1. The SMILES string of the molecule is CCn1cc(C(=O)NC(C(=O)OC)C(C)C)c(=O)c2ccc(C)nc21. The molecule has 0 saturated heterocycles. The highest BCUT2D eigenvalue weighted by atomic mass is 16.5. The monoisotopic (exact) mass is 345 g/mol.